The van der Waals surface area contributed by atoms with Crippen LogP contribution >= 0.6 is 11.6 Å². The zero-order valence-corrected chi connectivity index (χ0v) is 18.4. The highest BCUT2D eigenvalue weighted by molar-refractivity contribution is 7.92. The van der Waals surface area contributed by atoms with Crippen LogP contribution in [0.15, 0.2) is 23.1 Å². The fourth-order valence-corrected chi connectivity index (χ4v) is 8.01. The van der Waals surface area contributed by atoms with Crippen LogP contribution in [0.4, 0.5) is 5.95 Å². The van der Waals surface area contributed by atoms with Gasteiger partial charge in [0.15, 0.2) is 0 Å². The molecule has 2 aromatic rings. The Morgan fingerprint density at radius 2 is 1.76 bits per heavy atom. The molecule has 4 aliphatic rings. The second kappa shape index (κ2) is 6.71. The summed E-state index contributed by atoms with van der Waals surface area (Å²) in [5.41, 5.74) is 0.596. The number of sulfonamides is 1. The van der Waals surface area contributed by atoms with E-state index in [1.165, 1.54) is 19.3 Å². The maximum Gasteiger partial charge on any atom is 0.264 e. The molecule has 8 heteroatoms. The molecule has 6 nitrogen and oxygen atoms in total. The Balaban J connectivity index is 1.50. The van der Waals surface area contributed by atoms with Crippen LogP contribution in [0.2, 0.25) is 5.02 Å². The van der Waals surface area contributed by atoms with Crippen LogP contribution in [0.3, 0.4) is 0 Å². The molecule has 4 saturated carbocycles. The summed E-state index contributed by atoms with van der Waals surface area (Å²) in [4.78, 5) is 0.173. The minimum absolute atomic E-state index is 0.0629. The van der Waals surface area contributed by atoms with E-state index in [9.17, 15) is 8.42 Å². The van der Waals surface area contributed by atoms with Crippen molar-refractivity contribution in [2.24, 2.45) is 17.8 Å². The van der Waals surface area contributed by atoms with Crippen LogP contribution in [0.5, 0.6) is 0 Å². The second-order valence-corrected chi connectivity index (χ2v) is 11.3. The third-order valence-electron chi connectivity index (χ3n) is 7.31. The van der Waals surface area contributed by atoms with Gasteiger partial charge in [0.1, 0.15) is 5.82 Å². The predicted molar refractivity (Wildman–Crippen MR) is 113 cm³/mol. The van der Waals surface area contributed by atoms with E-state index in [2.05, 4.69) is 14.9 Å². The van der Waals surface area contributed by atoms with Crippen molar-refractivity contribution in [1.29, 1.82) is 0 Å². The minimum atomic E-state index is -3.80. The van der Waals surface area contributed by atoms with Crippen molar-refractivity contribution in [1.82, 2.24) is 14.8 Å². The SMILES string of the molecule is CCn1c(NS(=O)(=O)c2cccc(Cl)c2C)nnc1C12CC3CC(CC(C3)C1)C2. The molecule has 0 radical (unpaired) electrons. The molecule has 4 fully saturated rings. The van der Waals surface area contributed by atoms with Gasteiger partial charge in [0.2, 0.25) is 5.95 Å². The van der Waals surface area contributed by atoms with Gasteiger partial charge in [-0.3, -0.25) is 4.57 Å². The van der Waals surface area contributed by atoms with E-state index < -0.39 is 10.0 Å². The molecule has 1 aromatic heterocycles. The number of hydrogen-bond donors (Lipinski definition) is 1. The van der Waals surface area contributed by atoms with Crippen molar-refractivity contribution >= 4 is 27.6 Å². The molecule has 6 rings (SSSR count). The van der Waals surface area contributed by atoms with E-state index in [1.807, 2.05) is 11.5 Å². The summed E-state index contributed by atoms with van der Waals surface area (Å²) in [6, 6.07) is 4.90. The summed E-state index contributed by atoms with van der Waals surface area (Å²) in [6.07, 6.45) is 7.55. The highest BCUT2D eigenvalue weighted by Gasteiger charge is 2.54. The van der Waals surface area contributed by atoms with Crippen molar-refractivity contribution in [2.45, 2.75) is 69.2 Å². The number of aromatic nitrogens is 3. The maximum atomic E-state index is 13.0. The number of nitrogens with one attached hydrogen (secondary N) is 1. The smallest absolute Gasteiger partial charge is 0.264 e. The Hall–Kier alpha value is -1.60. The molecule has 0 atom stereocenters. The van der Waals surface area contributed by atoms with Crippen LogP contribution in [0.25, 0.3) is 0 Å². The predicted octanol–water partition coefficient (Wildman–Crippen LogP) is 4.53. The highest BCUT2D eigenvalue weighted by Crippen LogP contribution is 2.60. The standard InChI is InChI=1S/C21H27ClN4O2S/c1-3-26-19(21-10-14-7-15(11-21)9-16(8-14)12-21)23-24-20(26)25-29(27,28)18-6-4-5-17(22)13(18)2/h4-6,14-16H,3,7-12H2,1-2H3,(H,24,25). The fraction of sp³-hybridized carbons (Fsp3) is 0.619. The second-order valence-electron chi connectivity index (χ2n) is 9.26. The Bertz CT molecular complexity index is 1030. The number of nitrogens with zero attached hydrogens (tertiary/aromatic N) is 3. The van der Waals surface area contributed by atoms with Gasteiger partial charge in [-0.1, -0.05) is 17.7 Å². The van der Waals surface area contributed by atoms with Crippen LogP contribution in [0, 0.1) is 24.7 Å². The van der Waals surface area contributed by atoms with Gasteiger partial charge in [0, 0.05) is 17.0 Å². The molecule has 0 amide bonds. The average Bonchev–Trinajstić information content (AvgIpc) is 3.05. The summed E-state index contributed by atoms with van der Waals surface area (Å²) < 4.78 is 30.8. The summed E-state index contributed by atoms with van der Waals surface area (Å²) in [6.45, 7) is 4.37. The van der Waals surface area contributed by atoms with E-state index in [-0.39, 0.29) is 10.3 Å². The van der Waals surface area contributed by atoms with Gasteiger partial charge in [0.05, 0.1) is 4.90 Å². The van der Waals surface area contributed by atoms with E-state index in [4.69, 9.17) is 11.6 Å². The van der Waals surface area contributed by atoms with Gasteiger partial charge < -0.3 is 0 Å². The minimum Gasteiger partial charge on any atom is -0.296 e. The molecule has 0 aliphatic heterocycles. The van der Waals surface area contributed by atoms with Gasteiger partial charge in [-0.15, -0.1) is 10.2 Å². The molecule has 1 aromatic carbocycles. The molecule has 1 N–H and O–H groups in total. The number of anilines is 1. The lowest BCUT2D eigenvalue weighted by molar-refractivity contribution is -0.0110. The van der Waals surface area contributed by atoms with Crippen molar-refractivity contribution in [2.75, 3.05) is 4.72 Å². The Kier molecular flexibility index (Phi) is 4.48. The molecule has 29 heavy (non-hydrogen) atoms. The van der Waals surface area contributed by atoms with E-state index in [1.54, 1.807) is 25.1 Å². The fourth-order valence-electron chi connectivity index (χ4n) is 6.51. The Labute approximate surface area is 177 Å². The lowest BCUT2D eigenvalue weighted by Crippen LogP contribution is -2.49. The topological polar surface area (TPSA) is 76.9 Å². The molecule has 1 heterocycles. The first-order valence-corrected chi connectivity index (χ1v) is 12.4. The Morgan fingerprint density at radius 3 is 2.34 bits per heavy atom. The molecule has 4 aliphatic carbocycles. The van der Waals surface area contributed by atoms with Crippen LogP contribution in [0.1, 0.15) is 56.8 Å². The van der Waals surface area contributed by atoms with Crippen LogP contribution in [-0.2, 0) is 22.0 Å². The number of benzene rings is 1. The summed E-state index contributed by atoms with van der Waals surface area (Å²) >= 11 is 6.14. The van der Waals surface area contributed by atoms with E-state index in [0.29, 0.717) is 23.1 Å². The molecule has 156 valence electrons. The molecule has 0 saturated heterocycles. The van der Waals surface area contributed by atoms with Gasteiger partial charge >= 0.3 is 0 Å². The summed E-state index contributed by atoms with van der Waals surface area (Å²) in [5.74, 6) is 3.64. The third-order valence-corrected chi connectivity index (χ3v) is 9.19. The summed E-state index contributed by atoms with van der Waals surface area (Å²) in [5, 5.41) is 9.28. The first-order chi connectivity index (χ1) is 13.8. The van der Waals surface area contributed by atoms with Crippen LogP contribution < -0.4 is 4.72 Å². The van der Waals surface area contributed by atoms with Gasteiger partial charge in [-0.25, -0.2) is 13.1 Å². The first kappa shape index (κ1) is 19.4. The van der Waals surface area contributed by atoms with Gasteiger partial charge in [-0.05, 0) is 87.8 Å². The maximum absolute atomic E-state index is 13.0. The molecular formula is C21H27ClN4O2S. The Morgan fingerprint density at radius 1 is 1.14 bits per heavy atom. The lowest BCUT2D eigenvalue weighted by Gasteiger charge is -2.56. The number of hydrogen-bond acceptors (Lipinski definition) is 4. The van der Waals surface area contributed by atoms with Crippen molar-refractivity contribution in [3.8, 4) is 0 Å². The molecule has 4 bridgehead atoms. The van der Waals surface area contributed by atoms with E-state index in [0.717, 1.165) is 42.8 Å². The summed E-state index contributed by atoms with van der Waals surface area (Å²) in [7, 11) is -3.80. The zero-order chi connectivity index (χ0) is 20.4. The van der Waals surface area contributed by atoms with Crippen molar-refractivity contribution in [3.63, 3.8) is 0 Å². The highest BCUT2D eigenvalue weighted by atomic mass is 35.5. The van der Waals surface area contributed by atoms with Gasteiger partial charge in [0.25, 0.3) is 10.0 Å². The molecule has 0 spiro atoms. The number of halogens is 1. The monoisotopic (exact) mass is 434 g/mol. The van der Waals surface area contributed by atoms with E-state index >= 15 is 0 Å². The molecule has 0 unspecified atom stereocenters. The molecular weight excluding hydrogens is 408 g/mol. The first-order valence-electron chi connectivity index (χ1n) is 10.5. The van der Waals surface area contributed by atoms with Crippen molar-refractivity contribution in [3.05, 3.63) is 34.6 Å². The lowest BCUT2D eigenvalue weighted by atomic mass is 9.49. The normalized spacial score (nSPS) is 30.7. The quantitative estimate of drug-likeness (QED) is 0.750. The third kappa shape index (κ3) is 3.08. The zero-order valence-electron chi connectivity index (χ0n) is 16.9. The van der Waals surface area contributed by atoms with Crippen molar-refractivity contribution < 1.29 is 8.42 Å². The van der Waals surface area contributed by atoms with Crippen LogP contribution in [-0.4, -0.2) is 23.2 Å². The largest absolute Gasteiger partial charge is 0.296 e. The van der Waals surface area contributed by atoms with Gasteiger partial charge in [-0.2, -0.15) is 0 Å². The number of rotatable bonds is 5. The average molecular weight is 435 g/mol.